The Labute approximate surface area is 206 Å². The zero-order valence-electron chi connectivity index (χ0n) is 19.5. The summed E-state index contributed by atoms with van der Waals surface area (Å²) in [6.45, 7) is 4.41. The summed E-state index contributed by atoms with van der Waals surface area (Å²) in [5.41, 5.74) is 0.654. The minimum Gasteiger partial charge on any atom is -0.368 e. The number of ether oxygens (including phenoxy) is 1. The molecule has 3 saturated heterocycles. The maximum atomic E-state index is 14.4. The monoisotopic (exact) mass is 497 g/mol. The lowest BCUT2D eigenvalue weighted by Gasteiger charge is -2.39. The Bertz CT molecular complexity index is 1260. The third-order valence-corrected chi connectivity index (χ3v) is 8.60. The fourth-order valence-corrected chi connectivity index (χ4v) is 6.70. The van der Waals surface area contributed by atoms with Crippen LogP contribution in [0.15, 0.2) is 24.5 Å². The van der Waals surface area contributed by atoms with Crippen molar-refractivity contribution in [2.24, 2.45) is 5.92 Å². The minimum atomic E-state index is -0.299. The van der Waals surface area contributed by atoms with Crippen molar-refractivity contribution in [1.82, 2.24) is 19.8 Å². The van der Waals surface area contributed by atoms with E-state index in [1.54, 1.807) is 6.07 Å². The molecular weight excluding hydrogens is 469 g/mol. The molecule has 0 N–H and O–H groups in total. The van der Waals surface area contributed by atoms with Gasteiger partial charge in [0.2, 0.25) is 5.91 Å². The van der Waals surface area contributed by atoms with E-state index in [-0.39, 0.29) is 29.7 Å². The normalized spacial score (nSPS) is 21.9. The number of nitrogens with zero attached hydrogens (tertiary/aromatic N) is 5. The molecular formula is C25H28FN5O3S. The minimum absolute atomic E-state index is 0.0242. The van der Waals surface area contributed by atoms with Gasteiger partial charge in [-0.05, 0) is 37.8 Å². The number of rotatable bonds is 3. The van der Waals surface area contributed by atoms with E-state index in [9.17, 15) is 14.0 Å². The Kier molecular flexibility index (Phi) is 6.01. The first kappa shape index (κ1) is 22.6. The first-order chi connectivity index (χ1) is 17.1. The number of aromatic nitrogens is 2. The standard InChI is InChI=1S/C25H28FN5O3S/c26-17-3-1-5-19-20(17)21-22(35-19)23(28-15-27-21)29-8-6-16(7-9-29)24(32)30-10-12-31(13-11-30)25(33)18-4-2-14-34-18/h1,3,5,15-16,18H,2,4,6-14H2. The van der Waals surface area contributed by atoms with E-state index in [4.69, 9.17) is 4.74 Å². The summed E-state index contributed by atoms with van der Waals surface area (Å²) >= 11 is 1.51. The van der Waals surface area contributed by atoms with Crippen molar-refractivity contribution in [2.75, 3.05) is 50.8 Å². The number of piperazine rings is 1. The van der Waals surface area contributed by atoms with Gasteiger partial charge < -0.3 is 19.4 Å². The van der Waals surface area contributed by atoms with E-state index in [0.717, 1.165) is 54.0 Å². The highest BCUT2D eigenvalue weighted by atomic mass is 32.1. The topological polar surface area (TPSA) is 78.9 Å². The second kappa shape index (κ2) is 9.31. The molecule has 3 aliphatic heterocycles. The van der Waals surface area contributed by atoms with Crippen LogP contribution < -0.4 is 4.90 Å². The molecule has 0 saturated carbocycles. The molecule has 3 aliphatic rings. The van der Waals surface area contributed by atoms with Crippen LogP contribution in [0, 0.1) is 11.7 Å². The number of carbonyl (C=O) groups is 2. The molecule has 3 aromatic rings. The lowest BCUT2D eigenvalue weighted by molar-refractivity contribution is -0.147. The van der Waals surface area contributed by atoms with E-state index in [0.29, 0.717) is 43.7 Å². The molecule has 2 aromatic heterocycles. The van der Waals surface area contributed by atoms with Gasteiger partial charge in [-0.1, -0.05) is 6.07 Å². The molecule has 0 aliphatic carbocycles. The average Bonchev–Trinajstić information content (AvgIpc) is 3.57. The summed E-state index contributed by atoms with van der Waals surface area (Å²) in [6.07, 6.45) is 4.44. The van der Waals surface area contributed by atoms with Crippen molar-refractivity contribution < 1.29 is 18.7 Å². The second-order valence-electron chi connectivity index (χ2n) is 9.50. The van der Waals surface area contributed by atoms with Gasteiger partial charge in [0.25, 0.3) is 5.91 Å². The largest absolute Gasteiger partial charge is 0.368 e. The van der Waals surface area contributed by atoms with Crippen LogP contribution in [0.3, 0.4) is 0 Å². The van der Waals surface area contributed by atoms with Crippen LogP contribution in [0.4, 0.5) is 10.2 Å². The lowest BCUT2D eigenvalue weighted by atomic mass is 9.95. The third-order valence-electron chi connectivity index (χ3n) is 7.46. The molecule has 6 rings (SSSR count). The Hall–Kier alpha value is -2.85. The van der Waals surface area contributed by atoms with Gasteiger partial charge in [-0.15, -0.1) is 11.3 Å². The quantitative estimate of drug-likeness (QED) is 0.554. The Morgan fingerprint density at radius 3 is 2.43 bits per heavy atom. The smallest absolute Gasteiger partial charge is 0.251 e. The van der Waals surface area contributed by atoms with Gasteiger partial charge in [0, 0.05) is 56.5 Å². The van der Waals surface area contributed by atoms with E-state index in [2.05, 4.69) is 14.9 Å². The number of carbonyl (C=O) groups excluding carboxylic acids is 2. The molecule has 184 valence electrons. The molecule has 0 spiro atoms. The average molecular weight is 498 g/mol. The SMILES string of the molecule is O=C(C1CCN(c2ncnc3c2sc2cccc(F)c23)CC1)N1CCN(C(=O)C2CCCO2)CC1. The van der Waals surface area contributed by atoms with Crippen LogP contribution in [-0.2, 0) is 14.3 Å². The van der Waals surface area contributed by atoms with Crippen molar-refractivity contribution in [1.29, 1.82) is 0 Å². The zero-order chi connectivity index (χ0) is 23.9. The first-order valence-electron chi connectivity index (χ1n) is 12.4. The van der Waals surface area contributed by atoms with E-state index in [1.807, 2.05) is 15.9 Å². The Morgan fingerprint density at radius 1 is 0.971 bits per heavy atom. The summed E-state index contributed by atoms with van der Waals surface area (Å²) < 4.78 is 21.7. The number of fused-ring (bicyclic) bond motifs is 3. The van der Waals surface area contributed by atoms with Crippen molar-refractivity contribution in [3.63, 3.8) is 0 Å². The van der Waals surface area contributed by atoms with Crippen LogP contribution in [0.1, 0.15) is 25.7 Å². The van der Waals surface area contributed by atoms with Crippen molar-refractivity contribution in [3.8, 4) is 0 Å². The van der Waals surface area contributed by atoms with Crippen LogP contribution in [0.2, 0.25) is 0 Å². The van der Waals surface area contributed by atoms with E-state index >= 15 is 0 Å². The van der Waals surface area contributed by atoms with Crippen molar-refractivity contribution >= 4 is 49.3 Å². The van der Waals surface area contributed by atoms with Gasteiger partial charge in [-0.3, -0.25) is 9.59 Å². The number of halogens is 1. The number of benzene rings is 1. The highest BCUT2D eigenvalue weighted by Crippen LogP contribution is 2.39. The first-order valence-corrected chi connectivity index (χ1v) is 13.2. The van der Waals surface area contributed by atoms with Gasteiger partial charge in [0.15, 0.2) is 0 Å². The number of piperidine rings is 1. The maximum absolute atomic E-state index is 14.4. The fraction of sp³-hybridized carbons (Fsp3) is 0.520. The van der Waals surface area contributed by atoms with Crippen LogP contribution in [0.25, 0.3) is 20.3 Å². The van der Waals surface area contributed by atoms with E-state index in [1.165, 1.54) is 23.7 Å². The summed E-state index contributed by atoms with van der Waals surface area (Å²) in [5, 5.41) is 0.554. The van der Waals surface area contributed by atoms with E-state index < -0.39 is 0 Å². The van der Waals surface area contributed by atoms with Crippen molar-refractivity contribution in [2.45, 2.75) is 31.8 Å². The molecule has 0 bridgehead atoms. The lowest BCUT2D eigenvalue weighted by Crippen LogP contribution is -2.54. The molecule has 0 radical (unpaired) electrons. The van der Waals surface area contributed by atoms with Gasteiger partial charge in [-0.25, -0.2) is 14.4 Å². The molecule has 1 aromatic carbocycles. The van der Waals surface area contributed by atoms with Gasteiger partial charge >= 0.3 is 0 Å². The molecule has 35 heavy (non-hydrogen) atoms. The summed E-state index contributed by atoms with van der Waals surface area (Å²) in [6, 6.07) is 5.09. The Morgan fingerprint density at radius 2 is 1.71 bits per heavy atom. The molecule has 10 heteroatoms. The Balaban J connectivity index is 1.09. The number of hydrogen-bond donors (Lipinski definition) is 0. The fourth-order valence-electron chi connectivity index (χ4n) is 5.51. The number of amides is 2. The number of hydrogen-bond acceptors (Lipinski definition) is 7. The van der Waals surface area contributed by atoms with Gasteiger partial charge in [-0.2, -0.15) is 0 Å². The van der Waals surface area contributed by atoms with Gasteiger partial charge in [0.1, 0.15) is 24.1 Å². The second-order valence-corrected chi connectivity index (χ2v) is 10.6. The molecule has 5 heterocycles. The highest BCUT2D eigenvalue weighted by Gasteiger charge is 2.34. The molecule has 3 fully saturated rings. The predicted molar refractivity (Wildman–Crippen MR) is 132 cm³/mol. The molecule has 1 atom stereocenters. The van der Waals surface area contributed by atoms with Crippen LogP contribution in [-0.4, -0.2) is 83.6 Å². The third kappa shape index (κ3) is 4.12. The highest BCUT2D eigenvalue weighted by molar-refractivity contribution is 7.26. The predicted octanol–water partition coefficient (Wildman–Crippen LogP) is 3.05. The summed E-state index contributed by atoms with van der Waals surface area (Å²) in [4.78, 5) is 40.6. The zero-order valence-corrected chi connectivity index (χ0v) is 20.3. The molecule has 2 amide bonds. The summed E-state index contributed by atoms with van der Waals surface area (Å²) in [7, 11) is 0. The van der Waals surface area contributed by atoms with Crippen LogP contribution >= 0.6 is 11.3 Å². The molecule has 8 nitrogen and oxygen atoms in total. The number of thiophene rings is 1. The van der Waals surface area contributed by atoms with Gasteiger partial charge in [0.05, 0.1) is 15.6 Å². The van der Waals surface area contributed by atoms with Crippen LogP contribution in [0.5, 0.6) is 0 Å². The summed E-state index contributed by atoms with van der Waals surface area (Å²) in [5.74, 6) is 0.790. The van der Waals surface area contributed by atoms with Crippen molar-refractivity contribution in [3.05, 3.63) is 30.3 Å². The molecule has 1 unspecified atom stereocenters. The maximum Gasteiger partial charge on any atom is 0.251 e. The number of anilines is 1.